The molecule has 1 unspecified atom stereocenters. The minimum absolute atomic E-state index is 0.0412. The van der Waals surface area contributed by atoms with Crippen molar-refractivity contribution in [2.75, 3.05) is 16.0 Å². The number of amides is 3. The van der Waals surface area contributed by atoms with Gasteiger partial charge in [-0.05, 0) is 55.7 Å². The summed E-state index contributed by atoms with van der Waals surface area (Å²) in [6.07, 6.45) is 6.82. The van der Waals surface area contributed by atoms with Crippen LogP contribution in [0.3, 0.4) is 0 Å². The largest absolute Gasteiger partial charge is 0.326 e. The highest BCUT2D eigenvalue weighted by atomic mass is 16.2. The molecule has 1 aliphatic rings. The smallest absolute Gasteiger partial charge is 0.323 e. The van der Waals surface area contributed by atoms with Crippen molar-refractivity contribution in [1.82, 2.24) is 0 Å². The molecule has 5 nitrogen and oxygen atoms in total. The number of hydrogen-bond acceptors (Lipinski definition) is 2. The number of urea groups is 1. The number of nitrogens with one attached hydrogen (secondary N) is 3. The number of allylic oxidation sites excluding steroid dienone is 2. The maximum Gasteiger partial charge on any atom is 0.323 e. The Morgan fingerprint density at radius 2 is 1.36 bits per heavy atom. The molecule has 128 valence electrons. The van der Waals surface area contributed by atoms with Gasteiger partial charge in [-0.1, -0.05) is 30.4 Å². The van der Waals surface area contributed by atoms with E-state index in [4.69, 9.17) is 0 Å². The summed E-state index contributed by atoms with van der Waals surface area (Å²) in [6, 6.07) is 16.0. The van der Waals surface area contributed by atoms with Crippen molar-refractivity contribution in [2.24, 2.45) is 5.92 Å². The van der Waals surface area contributed by atoms with Crippen molar-refractivity contribution in [3.63, 3.8) is 0 Å². The van der Waals surface area contributed by atoms with Gasteiger partial charge in [-0.15, -0.1) is 0 Å². The zero-order valence-electron chi connectivity index (χ0n) is 13.9. The molecule has 2 aromatic rings. The van der Waals surface area contributed by atoms with Crippen LogP contribution in [0.25, 0.3) is 0 Å². The van der Waals surface area contributed by atoms with Gasteiger partial charge in [0.1, 0.15) is 0 Å². The molecule has 3 N–H and O–H groups in total. The lowest BCUT2D eigenvalue weighted by atomic mass is 9.93. The number of para-hydroxylation sites is 1. The van der Waals surface area contributed by atoms with Gasteiger partial charge in [0.2, 0.25) is 5.91 Å². The van der Waals surface area contributed by atoms with E-state index in [1.165, 1.54) is 0 Å². The fourth-order valence-corrected chi connectivity index (χ4v) is 2.73. The van der Waals surface area contributed by atoms with Gasteiger partial charge < -0.3 is 16.0 Å². The molecule has 0 heterocycles. The predicted octanol–water partition coefficient (Wildman–Crippen LogP) is 4.63. The Morgan fingerprint density at radius 3 is 1.96 bits per heavy atom. The highest BCUT2D eigenvalue weighted by Crippen LogP contribution is 2.21. The molecule has 0 radical (unpaired) electrons. The van der Waals surface area contributed by atoms with Gasteiger partial charge in [0.05, 0.1) is 0 Å². The highest BCUT2D eigenvalue weighted by Gasteiger charge is 2.18. The molecule has 3 rings (SSSR count). The van der Waals surface area contributed by atoms with Gasteiger partial charge in [0, 0.05) is 23.0 Å². The van der Waals surface area contributed by atoms with Gasteiger partial charge in [0.25, 0.3) is 0 Å². The van der Waals surface area contributed by atoms with E-state index in [1.54, 1.807) is 24.3 Å². The lowest BCUT2D eigenvalue weighted by Gasteiger charge is -2.17. The summed E-state index contributed by atoms with van der Waals surface area (Å²) in [4.78, 5) is 24.2. The maximum absolute atomic E-state index is 12.2. The van der Waals surface area contributed by atoms with Crippen LogP contribution in [0.4, 0.5) is 21.9 Å². The quantitative estimate of drug-likeness (QED) is 0.713. The third kappa shape index (κ3) is 4.94. The van der Waals surface area contributed by atoms with Gasteiger partial charge >= 0.3 is 6.03 Å². The van der Waals surface area contributed by atoms with E-state index < -0.39 is 0 Å². The monoisotopic (exact) mass is 335 g/mol. The van der Waals surface area contributed by atoms with Crippen LogP contribution in [0.15, 0.2) is 66.7 Å². The third-order valence-corrected chi connectivity index (χ3v) is 4.08. The molecule has 0 aromatic heterocycles. The van der Waals surface area contributed by atoms with Crippen LogP contribution in [0.1, 0.15) is 19.3 Å². The minimum atomic E-state index is -0.308. The second-order valence-electron chi connectivity index (χ2n) is 5.99. The molecule has 0 aliphatic heterocycles. The molecule has 1 aliphatic carbocycles. The standard InChI is InChI=1S/C20H21N3O2/c24-19(15-7-3-1-4-8-15)21-17-11-13-18(14-12-17)23-20(25)22-16-9-5-2-6-10-16/h1-3,5-6,9-15H,4,7-8H2,(H,21,24)(H2,22,23,25). The van der Waals surface area contributed by atoms with Gasteiger partial charge in [-0.2, -0.15) is 0 Å². The Balaban J connectivity index is 1.52. The van der Waals surface area contributed by atoms with Crippen LogP contribution in [-0.4, -0.2) is 11.9 Å². The normalized spacial score (nSPS) is 16.1. The number of anilines is 3. The van der Waals surface area contributed by atoms with Crippen LogP contribution in [0.2, 0.25) is 0 Å². The van der Waals surface area contributed by atoms with Crippen molar-refractivity contribution < 1.29 is 9.59 Å². The molecule has 0 bridgehead atoms. The first-order valence-corrected chi connectivity index (χ1v) is 8.40. The average molecular weight is 335 g/mol. The number of benzene rings is 2. The second kappa shape index (κ2) is 8.15. The average Bonchev–Trinajstić information content (AvgIpc) is 2.65. The molecule has 0 fully saturated rings. The fourth-order valence-electron chi connectivity index (χ4n) is 2.73. The van der Waals surface area contributed by atoms with E-state index in [9.17, 15) is 9.59 Å². The Kier molecular flexibility index (Phi) is 5.46. The predicted molar refractivity (Wildman–Crippen MR) is 101 cm³/mol. The van der Waals surface area contributed by atoms with Crippen LogP contribution in [0, 0.1) is 5.92 Å². The molecule has 3 amide bonds. The highest BCUT2D eigenvalue weighted by molar-refractivity contribution is 6.00. The Bertz CT molecular complexity index is 754. The number of carbonyl (C=O) groups excluding carboxylic acids is 2. The van der Waals surface area contributed by atoms with Crippen molar-refractivity contribution >= 4 is 29.0 Å². The molecule has 25 heavy (non-hydrogen) atoms. The molecular formula is C20H21N3O2. The van der Waals surface area contributed by atoms with Gasteiger partial charge in [-0.3, -0.25) is 4.79 Å². The van der Waals surface area contributed by atoms with Crippen LogP contribution in [0.5, 0.6) is 0 Å². The van der Waals surface area contributed by atoms with E-state index >= 15 is 0 Å². The Labute approximate surface area is 147 Å². The number of carbonyl (C=O) groups is 2. The van der Waals surface area contributed by atoms with E-state index in [-0.39, 0.29) is 17.9 Å². The second-order valence-corrected chi connectivity index (χ2v) is 5.99. The first-order valence-electron chi connectivity index (χ1n) is 8.40. The van der Waals surface area contributed by atoms with Crippen molar-refractivity contribution in [1.29, 1.82) is 0 Å². The molecule has 5 heteroatoms. The molecule has 0 saturated heterocycles. The van der Waals surface area contributed by atoms with Crippen LogP contribution < -0.4 is 16.0 Å². The summed E-state index contributed by atoms with van der Waals surface area (Å²) < 4.78 is 0. The van der Waals surface area contributed by atoms with Crippen LogP contribution in [-0.2, 0) is 4.79 Å². The summed E-state index contributed by atoms with van der Waals surface area (Å²) in [5, 5.41) is 8.45. The Morgan fingerprint density at radius 1 is 0.760 bits per heavy atom. The topological polar surface area (TPSA) is 70.2 Å². The third-order valence-electron chi connectivity index (χ3n) is 4.08. The first-order chi connectivity index (χ1) is 12.2. The fraction of sp³-hybridized carbons (Fsp3) is 0.200. The SMILES string of the molecule is O=C(Nc1ccccc1)Nc1ccc(NC(=O)C2CC=CCC2)cc1. The summed E-state index contributed by atoms with van der Waals surface area (Å²) >= 11 is 0. The molecule has 0 saturated carbocycles. The van der Waals surface area contributed by atoms with E-state index in [0.29, 0.717) is 5.69 Å². The molecule has 1 atom stereocenters. The van der Waals surface area contributed by atoms with Crippen molar-refractivity contribution in [3.8, 4) is 0 Å². The number of rotatable bonds is 4. The Hall–Kier alpha value is -3.08. The van der Waals surface area contributed by atoms with Gasteiger partial charge in [0.15, 0.2) is 0 Å². The zero-order chi connectivity index (χ0) is 17.5. The summed E-state index contributed by atoms with van der Waals surface area (Å²) in [5.41, 5.74) is 2.12. The van der Waals surface area contributed by atoms with Crippen molar-refractivity contribution in [2.45, 2.75) is 19.3 Å². The zero-order valence-corrected chi connectivity index (χ0v) is 13.9. The van der Waals surface area contributed by atoms with E-state index in [0.717, 1.165) is 30.6 Å². The molecule has 0 spiro atoms. The summed E-state index contributed by atoms with van der Waals surface area (Å²) in [6.45, 7) is 0. The number of hydrogen-bond donors (Lipinski definition) is 3. The molecule has 2 aromatic carbocycles. The van der Waals surface area contributed by atoms with E-state index in [1.807, 2.05) is 30.3 Å². The van der Waals surface area contributed by atoms with Gasteiger partial charge in [-0.25, -0.2) is 4.79 Å². The van der Waals surface area contributed by atoms with Crippen molar-refractivity contribution in [3.05, 3.63) is 66.7 Å². The van der Waals surface area contributed by atoms with E-state index in [2.05, 4.69) is 28.1 Å². The lowest BCUT2D eigenvalue weighted by Crippen LogP contribution is -2.23. The summed E-state index contributed by atoms with van der Waals surface area (Å²) in [7, 11) is 0. The minimum Gasteiger partial charge on any atom is -0.326 e. The lowest BCUT2D eigenvalue weighted by molar-refractivity contribution is -0.120. The summed E-state index contributed by atoms with van der Waals surface area (Å²) in [5.74, 6) is 0.0892. The van der Waals surface area contributed by atoms with Crippen LogP contribution >= 0.6 is 0 Å². The molecular weight excluding hydrogens is 314 g/mol. The maximum atomic E-state index is 12.2. The first kappa shape index (κ1) is 16.8.